The van der Waals surface area contributed by atoms with Crippen LogP contribution >= 0.6 is 12.4 Å². The van der Waals surface area contributed by atoms with Gasteiger partial charge < -0.3 is 10.6 Å². The Kier molecular flexibility index (Phi) is 5.03. The largest absolute Gasteiger partial charge is 0.334 e. The van der Waals surface area contributed by atoms with Crippen LogP contribution in [0.2, 0.25) is 0 Å². The second-order valence-corrected chi connectivity index (χ2v) is 5.93. The number of hydrogen-bond donors (Lipinski definition) is 1. The molecular formula is C15H22ClN5O. The molecular weight excluding hydrogens is 302 g/mol. The number of piperidine rings is 1. The predicted molar refractivity (Wildman–Crippen MR) is 88.0 cm³/mol. The summed E-state index contributed by atoms with van der Waals surface area (Å²) in [5, 5.41) is 8.05. The first kappa shape index (κ1) is 16.7. The Labute approximate surface area is 136 Å². The molecule has 2 unspecified atom stereocenters. The predicted octanol–water partition coefficient (Wildman–Crippen LogP) is 1.59. The van der Waals surface area contributed by atoms with Crippen molar-refractivity contribution in [2.75, 3.05) is 13.1 Å². The van der Waals surface area contributed by atoms with Crippen LogP contribution in [0.25, 0.3) is 11.0 Å². The fraction of sp³-hybridized carbons (Fsp3) is 0.533. The van der Waals surface area contributed by atoms with Crippen molar-refractivity contribution in [2.45, 2.75) is 25.8 Å². The van der Waals surface area contributed by atoms with Crippen molar-refractivity contribution in [1.82, 2.24) is 19.9 Å². The van der Waals surface area contributed by atoms with Gasteiger partial charge in [-0.2, -0.15) is 0 Å². The van der Waals surface area contributed by atoms with Gasteiger partial charge in [0.1, 0.15) is 5.52 Å². The molecule has 1 aromatic carbocycles. The lowest BCUT2D eigenvalue weighted by atomic mass is 9.92. The van der Waals surface area contributed by atoms with Crippen molar-refractivity contribution in [3.63, 3.8) is 0 Å². The maximum absolute atomic E-state index is 12.7. The molecule has 1 amide bonds. The summed E-state index contributed by atoms with van der Waals surface area (Å²) in [5.41, 5.74) is 8.18. The number of fused-ring (bicyclic) bond motifs is 1. The maximum Gasteiger partial charge on any atom is 0.254 e. The van der Waals surface area contributed by atoms with Crippen LogP contribution < -0.4 is 5.73 Å². The molecule has 1 fully saturated rings. The third-order valence-corrected chi connectivity index (χ3v) is 4.37. The number of halogens is 1. The van der Waals surface area contributed by atoms with Gasteiger partial charge in [0.15, 0.2) is 0 Å². The molecule has 0 aliphatic carbocycles. The normalized spacial score (nSPS) is 21.7. The molecule has 3 rings (SSSR count). The third-order valence-electron chi connectivity index (χ3n) is 4.37. The first-order valence-electron chi connectivity index (χ1n) is 7.40. The SMILES string of the molecule is CC1CCN(C(=O)c2ccc3c(c2)nnn3C)C(CN)C1.Cl. The molecule has 2 aromatic rings. The molecule has 2 heterocycles. The van der Waals surface area contributed by atoms with E-state index in [9.17, 15) is 4.79 Å². The summed E-state index contributed by atoms with van der Waals surface area (Å²) in [6, 6.07) is 5.70. The molecule has 0 spiro atoms. The summed E-state index contributed by atoms with van der Waals surface area (Å²) in [6.07, 6.45) is 2.02. The van der Waals surface area contributed by atoms with E-state index in [4.69, 9.17) is 5.73 Å². The van der Waals surface area contributed by atoms with Gasteiger partial charge in [0.05, 0.1) is 5.52 Å². The highest BCUT2D eigenvalue weighted by Crippen LogP contribution is 2.24. The Morgan fingerprint density at radius 1 is 1.45 bits per heavy atom. The average Bonchev–Trinajstić information content (AvgIpc) is 2.87. The molecule has 6 nitrogen and oxygen atoms in total. The van der Waals surface area contributed by atoms with Gasteiger partial charge in [0, 0.05) is 31.7 Å². The molecule has 2 atom stereocenters. The topological polar surface area (TPSA) is 77.0 Å². The number of aryl methyl sites for hydroxylation is 1. The number of hydrogen-bond acceptors (Lipinski definition) is 4. The van der Waals surface area contributed by atoms with Crippen molar-refractivity contribution in [1.29, 1.82) is 0 Å². The molecule has 1 saturated heterocycles. The standard InChI is InChI=1S/C15H21N5O.ClH/c1-10-5-6-20(12(7-10)9-16)15(21)11-3-4-14-13(8-11)17-18-19(14)2;/h3-4,8,10,12H,5-7,9,16H2,1-2H3;1H. The van der Waals surface area contributed by atoms with E-state index in [1.807, 2.05) is 30.1 Å². The minimum Gasteiger partial charge on any atom is -0.334 e. The van der Waals surface area contributed by atoms with E-state index in [0.29, 0.717) is 18.0 Å². The van der Waals surface area contributed by atoms with Gasteiger partial charge in [-0.1, -0.05) is 12.1 Å². The Morgan fingerprint density at radius 3 is 2.95 bits per heavy atom. The summed E-state index contributed by atoms with van der Waals surface area (Å²) in [6.45, 7) is 3.51. The smallest absolute Gasteiger partial charge is 0.254 e. The van der Waals surface area contributed by atoms with Crippen LogP contribution in [0.5, 0.6) is 0 Å². The summed E-state index contributed by atoms with van der Waals surface area (Å²) in [4.78, 5) is 14.7. The second-order valence-electron chi connectivity index (χ2n) is 5.93. The number of nitrogens with zero attached hydrogens (tertiary/aromatic N) is 4. The van der Waals surface area contributed by atoms with Crippen molar-refractivity contribution >= 4 is 29.3 Å². The highest BCUT2D eigenvalue weighted by atomic mass is 35.5. The number of rotatable bonds is 2. The minimum atomic E-state index is 0. The molecule has 22 heavy (non-hydrogen) atoms. The monoisotopic (exact) mass is 323 g/mol. The van der Waals surface area contributed by atoms with E-state index in [1.165, 1.54) is 0 Å². The van der Waals surface area contributed by atoms with E-state index in [0.717, 1.165) is 30.4 Å². The summed E-state index contributed by atoms with van der Waals surface area (Å²) in [5.74, 6) is 0.676. The van der Waals surface area contributed by atoms with Crippen molar-refractivity contribution in [3.8, 4) is 0 Å². The van der Waals surface area contributed by atoms with E-state index in [-0.39, 0.29) is 24.4 Å². The molecule has 1 aromatic heterocycles. The molecule has 120 valence electrons. The Balaban J connectivity index is 0.00000176. The fourth-order valence-corrected chi connectivity index (χ4v) is 3.08. The summed E-state index contributed by atoms with van der Waals surface area (Å²) < 4.78 is 1.70. The van der Waals surface area contributed by atoms with E-state index in [2.05, 4.69) is 17.2 Å². The molecule has 2 N–H and O–H groups in total. The highest BCUT2D eigenvalue weighted by Gasteiger charge is 2.29. The second kappa shape index (κ2) is 6.62. The van der Waals surface area contributed by atoms with E-state index >= 15 is 0 Å². The van der Waals surface area contributed by atoms with Gasteiger partial charge in [0.25, 0.3) is 5.91 Å². The molecule has 0 radical (unpaired) electrons. The first-order chi connectivity index (χ1) is 10.1. The minimum absolute atomic E-state index is 0. The Hall–Kier alpha value is -1.66. The molecule has 1 aliphatic heterocycles. The van der Waals surface area contributed by atoms with Crippen LogP contribution in [0.4, 0.5) is 0 Å². The first-order valence-corrected chi connectivity index (χ1v) is 7.40. The maximum atomic E-state index is 12.7. The average molecular weight is 324 g/mol. The quantitative estimate of drug-likeness (QED) is 0.910. The van der Waals surface area contributed by atoms with Crippen LogP contribution in [0.1, 0.15) is 30.1 Å². The third kappa shape index (κ3) is 2.94. The number of benzene rings is 1. The van der Waals surface area contributed by atoms with Crippen molar-refractivity contribution < 1.29 is 4.79 Å². The zero-order valence-electron chi connectivity index (χ0n) is 12.9. The number of likely N-dealkylation sites (tertiary alicyclic amines) is 1. The summed E-state index contributed by atoms with van der Waals surface area (Å²) >= 11 is 0. The van der Waals surface area contributed by atoms with E-state index < -0.39 is 0 Å². The van der Waals surface area contributed by atoms with Crippen LogP contribution in [0.3, 0.4) is 0 Å². The van der Waals surface area contributed by atoms with Crippen LogP contribution in [-0.2, 0) is 7.05 Å². The van der Waals surface area contributed by atoms with Gasteiger partial charge in [-0.25, -0.2) is 4.68 Å². The van der Waals surface area contributed by atoms with Gasteiger partial charge in [-0.15, -0.1) is 17.5 Å². The Bertz CT molecular complexity index is 671. The van der Waals surface area contributed by atoms with Crippen molar-refractivity contribution in [3.05, 3.63) is 23.8 Å². The summed E-state index contributed by atoms with van der Waals surface area (Å²) in [7, 11) is 1.84. The van der Waals surface area contributed by atoms with Gasteiger partial charge >= 0.3 is 0 Å². The molecule has 1 aliphatic rings. The lowest BCUT2D eigenvalue weighted by Crippen LogP contribution is -2.49. The zero-order chi connectivity index (χ0) is 15.0. The zero-order valence-corrected chi connectivity index (χ0v) is 13.7. The number of aromatic nitrogens is 3. The fourth-order valence-electron chi connectivity index (χ4n) is 3.08. The van der Waals surface area contributed by atoms with Gasteiger partial charge in [0.2, 0.25) is 0 Å². The highest BCUT2D eigenvalue weighted by molar-refractivity contribution is 5.97. The number of carbonyl (C=O) groups is 1. The lowest BCUT2D eigenvalue weighted by Gasteiger charge is -2.38. The van der Waals surface area contributed by atoms with E-state index in [1.54, 1.807) is 4.68 Å². The Morgan fingerprint density at radius 2 is 2.23 bits per heavy atom. The molecule has 0 saturated carbocycles. The molecule has 0 bridgehead atoms. The van der Waals surface area contributed by atoms with Gasteiger partial charge in [-0.05, 0) is 37.0 Å². The van der Waals surface area contributed by atoms with Gasteiger partial charge in [-0.3, -0.25) is 4.79 Å². The van der Waals surface area contributed by atoms with Crippen LogP contribution in [-0.4, -0.2) is 44.9 Å². The lowest BCUT2D eigenvalue weighted by molar-refractivity contribution is 0.0574. The van der Waals surface area contributed by atoms with Crippen molar-refractivity contribution in [2.24, 2.45) is 18.7 Å². The number of nitrogens with two attached hydrogens (primary N) is 1. The van der Waals surface area contributed by atoms with Crippen LogP contribution in [0, 0.1) is 5.92 Å². The number of carbonyl (C=O) groups excluding carboxylic acids is 1. The van der Waals surface area contributed by atoms with Crippen LogP contribution in [0.15, 0.2) is 18.2 Å². The molecule has 7 heteroatoms. The number of amides is 1.